The van der Waals surface area contributed by atoms with Gasteiger partial charge in [-0.1, -0.05) is 25.0 Å². The van der Waals surface area contributed by atoms with Gasteiger partial charge in [0, 0.05) is 38.8 Å². The summed E-state index contributed by atoms with van der Waals surface area (Å²) in [5, 5.41) is 13.6. The van der Waals surface area contributed by atoms with Crippen molar-refractivity contribution in [1.82, 2.24) is 15.1 Å². The fraction of sp³-hybridized carbons (Fsp3) is 0.667. The van der Waals surface area contributed by atoms with Crippen LogP contribution in [0.4, 0.5) is 0 Å². The number of nitrogens with one attached hydrogen (secondary N) is 1. The summed E-state index contributed by atoms with van der Waals surface area (Å²) in [4.78, 5) is 16.7. The maximum absolute atomic E-state index is 12.2. The van der Waals surface area contributed by atoms with Gasteiger partial charge in [0.05, 0.1) is 19.8 Å². The number of nitrogens with zero attached hydrogens (tertiary/aromatic N) is 2. The Morgan fingerprint density at radius 3 is 2.41 bits per heavy atom. The van der Waals surface area contributed by atoms with Crippen molar-refractivity contribution in [2.45, 2.75) is 44.2 Å². The molecule has 0 spiro atoms. The summed E-state index contributed by atoms with van der Waals surface area (Å²) in [5.74, 6) is 0.997. The van der Waals surface area contributed by atoms with Gasteiger partial charge >= 0.3 is 0 Å². The minimum atomic E-state index is -0.379. The van der Waals surface area contributed by atoms with E-state index < -0.39 is 0 Å². The normalized spacial score (nSPS) is 20.5. The second kappa shape index (κ2) is 10.1. The lowest BCUT2D eigenvalue weighted by molar-refractivity contribution is -0.123. The number of benzene rings is 1. The number of rotatable bonds is 8. The molecule has 0 bridgehead atoms. The number of β-amino-alcohol motifs (C(OH)–C–C–N with tert-alkyl or cyclic N) is 1. The van der Waals surface area contributed by atoms with Crippen LogP contribution in [-0.4, -0.2) is 79.3 Å². The van der Waals surface area contributed by atoms with E-state index in [0.29, 0.717) is 25.6 Å². The van der Waals surface area contributed by atoms with Gasteiger partial charge in [-0.2, -0.15) is 0 Å². The highest BCUT2D eigenvalue weighted by Crippen LogP contribution is 2.17. The molecule has 1 saturated carbocycles. The standard InChI is InChI=1S/C21H33N3O3/c1-27-20-8-6-17(7-9-20)14-19(25)15-23-10-12-24(13-11-23)16-21(26)22-18-4-2-3-5-18/h6-9,18-19,25H,2-5,10-16H2,1H3,(H,22,26). The van der Waals surface area contributed by atoms with Crippen LogP contribution < -0.4 is 10.1 Å². The number of hydrogen-bond donors (Lipinski definition) is 2. The van der Waals surface area contributed by atoms with E-state index in [1.807, 2.05) is 24.3 Å². The molecule has 1 aromatic rings. The number of carbonyl (C=O) groups is 1. The zero-order valence-electron chi connectivity index (χ0n) is 16.4. The van der Waals surface area contributed by atoms with E-state index >= 15 is 0 Å². The molecule has 2 N–H and O–H groups in total. The minimum absolute atomic E-state index is 0.162. The average Bonchev–Trinajstić information content (AvgIpc) is 3.17. The lowest BCUT2D eigenvalue weighted by atomic mass is 10.1. The van der Waals surface area contributed by atoms with Gasteiger partial charge in [-0.05, 0) is 37.0 Å². The molecule has 1 amide bonds. The van der Waals surface area contributed by atoms with Crippen LogP contribution in [0.15, 0.2) is 24.3 Å². The molecular formula is C21H33N3O3. The van der Waals surface area contributed by atoms with E-state index in [1.54, 1.807) is 7.11 Å². The molecular weight excluding hydrogens is 342 g/mol. The van der Waals surface area contributed by atoms with Crippen LogP contribution in [0, 0.1) is 0 Å². The van der Waals surface area contributed by atoms with Gasteiger partial charge < -0.3 is 15.2 Å². The molecule has 1 saturated heterocycles. The van der Waals surface area contributed by atoms with Crippen LogP contribution >= 0.6 is 0 Å². The molecule has 6 heteroatoms. The Balaban J connectivity index is 1.34. The van der Waals surface area contributed by atoms with Crippen molar-refractivity contribution < 1.29 is 14.6 Å². The number of methoxy groups -OCH3 is 1. The lowest BCUT2D eigenvalue weighted by Gasteiger charge is -2.35. The molecule has 1 aliphatic carbocycles. The fourth-order valence-corrected chi connectivity index (χ4v) is 4.07. The summed E-state index contributed by atoms with van der Waals surface area (Å²) in [6.07, 6.45) is 5.01. The summed E-state index contributed by atoms with van der Waals surface area (Å²) in [6, 6.07) is 8.26. The lowest BCUT2D eigenvalue weighted by Crippen LogP contribution is -2.51. The van der Waals surface area contributed by atoms with Crippen molar-refractivity contribution in [2.24, 2.45) is 0 Å². The number of aliphatic hydroxyl groups excluding tert-OH is 1. The van der Waals surface area contributed by atoms with Crippen LogP contribution in [-0.2, 0) is 11.2 Å². The first-order chi connectivity index (χ1) is 13.1. The third-order valence-electron chi connectivity index (χ3n) is 5.65. The Kier molecular flexibility index (Phi) is 7.50. The van der Waals surface area contributed by atoms with Gasteiger partial charge in [0.15, 0.2) is 0 Å². The first-order valence-corrected chi connectivity index (χ1v) is 10.2. The van der Waals surface area contributed by atoms with Crippen molar-refractivity contribution in [3.63, 3.8) is 0 Å². The highest BCUT2D eigenvalue weighted by molar-refractivity contribution is 5.78. The Hall–Kier alpha value is -1.63. The van der Waals surface area contributed by atoms with Crippen molar-refractivity contribution >= 4 is 5.91 Å². The summed E-state index contributed by atoms with van der Waals surface area (Å²) < 4.78 is 5.17. The van der Waals surface area contributed by atoms with Crippen LogP contribution in [0.2, 0.25) is 0 Å². The number of hydrogen-bond acceptors (Lipinski definition) is 5. The monoisotopic (exact) mass is 375 g/mol. The average molecular weight is 376 g/mol. The van der Waals surface area contributed by atoms with Crippen LogP contribution in [0.1, 0.15) is 31.2 Å². The number of ether oxygens (including phenoxy) is 1. The Bertz CT molecular complexity index is 579. The molecule has 0 aromatic heterocycles. The first kappa shape index (κ1) is 20.1. The quantitative estimate of drug-likeness (QED) is 0.717. The van der Waals surface area contributed by atoms with Crippen LogP contribution in [0.3, 0.4) is 0 Å². The number of carbonyl (C=O) groups excluding carboxylic acids is 1. The Morgan fingerprint density at radius 2 is 1.78 bits per heavy atom. The summed E-state index contributed by atoms with van der Waals surface area (Å²) in [7, 11) is 1.65. The maximum atomic E-state index is 12.2. The minimum Gasteiger partial charge on any atom is -0.497 e. The van der Waals surface area contributed by atoms with Gasteiger partial charge in [-0.25, -0.2) is 0 Å². The second-order valence-corrected chi connectivity index (χ2v) is 7.83. The van der Waals surface area contributed by atoms with Gasteiger partial charge in [-0.3, -0.25) is 14.6 Å². The van der Waals surface area contributed by atoms with E-state index in [-0.39, 0.29) is 12.0 Å². The van der Waals surface area contributed by atoms with Gasteiger partial charge in [0.2, 0.25) is 5.91 Å². The molecule has 1 unspecified atom stereocenters. The molecule has 1 atom stereocenters. The van der Waals surface area contributed by atoms with Gasteiger partial charge in [-0.15, -0.1) is 0 Å². The highest BCUT2D eigenvalue weighted by atomic mass is 16.5. The highest BCUT2D eigenvalue weighted by Gasteiger charge is 2.22. The first-order valence-electron chi connectivity index (χ1n) is 10.2. The fourth-order valence-electron chi connectivity index (χ4n) is 4.07. The molecule has 2 fully saturated rings. The molecule has 2 aliphatic rings. The molecule has 150 valence electrons. The van der Waals surface area contributed by atoms with Crippen LogP contribution in [0.5, 0.6) is 5.75 Å². The summed E-state index contributed by atoms with van der Waals surface area (Å²) >= 11 is 0. The Labute approximate surface area is 162 Å². The maximum Gasteiger partial charge on any atom is 0.234 e. The SMILES string of the molecule is COc1ccc(CC(O)CN2CCN(CC(=O)NC3CCCC3)CC2)cc1. The second-order valence-electron chi connectivity index (χ2n) is 7.83. The predicted molar refractivity (Wildman–Crippen MR) is 106 cm³/mol. The van der Waals surface area contributed by atoms with E-state index in [2.05, 4.69) is 15.1 Å². The third kappa shape index (κ3) is 6.48. The largest absolute Gasteiger partial charge is 0.497 e. The van der Waals surface area contributed by atoms with E-state index in [4.69, 9.17) is 4.74 Å². The van der Waals surface area contributed by atoms with Crippen LogP contribution in [0.25, 0.3) is 0 Å². The molecule has 1 heterocycles. The number of aliphatic hydroxyl groups is 1. The van der Waals surface area contributed by atoms with Gasteiger partial charge in [0.25, 0.3) is 0 Å². The van der Waals surface area contributed by atoms with E-state index in [1.165, 1.54) is 12.8 Å². The zero-order chi connectivity index (χ0) is 19.1. The molecule has 27 heavy (non-hydrogen) atoms. The predicted octanol–water partition coefficient (Wildman–Crippen LogP) is 1.27. The summed E-state index contributed by atoms with van der Waals surface area (Å²) in [6.45, 7) is 4.74. The molecule has 6 nitrogen and oxygen atoms in total. The van der Waals surface area contributed by atoms with E-state index in [0.717, 1.165) is 50.3 Å². The smallest absolute Gasteiger partial charge is 0.234 e. The van der Waals surface area contributed by atoms with Crippen molar-refractivity contribution in [3.05, 3.63) is 29.8 Å². The van der Waals surface area contributed by atoms with Gasteiger partial charge in [0.1, 0.15) is 5.75 Å². The molecule has 1 aromatic carbocycles. The van der Waals surface area contributed by atoms with E-state index in [9.17, 15) is 9.90 Å². The third-order valence-corrected chi connectivity index (χ3v) is 5.65. The molecule has 0 radical (unpaired) electrons. The van der Waals surface area contributed by atoms with Crippen molar-refractivity contribution in [3.8, 4) is 5.75 Å². The zero-order valence-corrected chi connectivity index (χ0v) is 16.4. The molecule has 1 aliphatic heterocycles. The Morgan fingerprint density at radius 1 is 1.15 bits per heavy atom. The number of amides is 1. The molecule has 3 rings (SSSR count). The number of piperazine rings is 1. The summed E-state index contributed by atoms with van der Waals surface area (Å²) in [5.41, 5.74) is 1.12. The van der Waals surface area contributed by atoms with Crippen molar-refractivity contribution in [1.29, 1.82) is 0 Å². The topological polar surface area (TPSA) is 65.0 Å². The van der Waals surface area contributed by atoms with Crippen molar-refractivity contribution in [2.75, 3.05) is 46.4 Å².